The molecule has 0 bridgehead atoms. The summed E-state index contributed by atoms with van der Waals surface area (Å²) in [6.45, 7) is 0. The fraction of sp³-hybridized carbons (Fsp3) is 0. The van der Waals surface area contributed by atoms with Crippen molar-refractivity contribution in [2.75, 3.05) is 11.1 Å². The minimum absolute atomic E-state index is 0.0820. The van der Waals surface area contributed by atoms with Gasteiger partial charge in [-0.05, 0) is 18.2 Å². The van der Waals surface area contributed by atoms with Gasteiger partial charge < -0.3 is 11.1 Å². The molecule has 0 saturated heterocycles. The zero-order valence-corrected chi connectivity index (χ0v) is 11.0. The molecule has 0 spiro atoms. The Labute approximate surface area is 112 Å². The standard InChI is InChI=1S/C9H9N5O3S2/c10-9-14-13-8(18-9)7(15)12-5-2-1-3-6(4-5)19(11,16)17/h1-4H,(H2,10,14)(H,12,15)(H2,11,16,17). The molecular weight excluding hydrogens is 290 g/mol. The van der Waals surface area contributed by atoms with Gasteiger partial charge in [-0.15, -0.1) is 10.2 Å². The summed E-state index contributed by atoms with van der Waals surface area (Å²) < 4.78 is 22.3. The summed E-state index contributed by atoms with van der Waals surface area (Å²) in [4.78, 5) is 11.7. The average Bonchev–Trinajstić information content (AvgIpc) is 2.75. The summed E-state index contributed by atoms with van der Waals surface area (Å²) in [5.74, 6) is -0.527. The number of carbonyl (C=O) groups is 1. The highest BCUT2D eigenvalue weighted by Gasteiger charge is 2.13. The van der Waals surface area contributed by atoms with Crippen LogP contribution in [-0.2, 0) is 10.0 Å². The molecule has 0 saturated carbocycles. The number of hydrogen-bond acceptors (Lipinski definition) is 7. The Hall–Kier alpha value is -2.04. The van der Waals surface area contributed by atoms with Gasteiger partial charge in [0, 0.05) is 5.69 Å². The van der Waals surface area contributed by atoms with Crippen LogP contribution in [0.2, 0.25) is 0 Å². The molecule has 2 rings (SSSR count). The topological polar surface area (TPSA) is 141 Å². The van der Waals surface area contributed by atoms with Crippen LogP contribution in [-0.4, -0.2) is 24.5 Å². The van der Waals surface area contributed by atoms with E-state index in [1.807, 2.05) is 0 Å². The van der Waals surface area contributed by atoms with E-state index < -0.39 is 15.9 Å². The number of benzene rings is 1. The van der Waals surface area contributed by atoms with Gasteiger partial charge in [0.05, 0.1) is 4.90 Å². The Bertz CT molecular complexity index is 725. The number of nitrogens with two attached hydrogens (primary N) is 2. The van der Waals surface area contributed by atoms with Crippen molar-refractivity contribution < 1.29 is 13.2 Å². The molecule has 1 amide bonds. The van der Waals surface area contributed by atoms with Gasteiger partial charge >= 0.3 is 0 Å². The molecule has 0 aliphatic rings. The number of primary sulfonamides is 1. The number of carbonyl (C=O) groups excluding carboxylic acids is 1. The highest BCUT2D eigenvalue weighted by atomic mass is 32.2. The van der Waals surface area contributed by atoms with E-state index in [2.05, 4.69) is 15.5 Å². The molecule has 1 aromatic carbocycles. The molecule has 100 valence electrons. The monoisotopic (exact) mass is 299 g/mol. The van der Waals surface area contributed by atoms with Crippen LogP contribution in [0, 0.1) is 0 Å². The van der Waals surface area contributed by atoms with E-state index in [0.29, 0.717) is 0 Å². The minimum atomic E-state index is -3.82. The quantitative estimate of drug-likeness (QED) is 0.729. The maximum absolute atomic E-state index is 11.7. The summed E-state index contributed by atoms with van der Waals surface area (Å²) in [5.41, 5.74) is 5.64. The number of amides is 1. The number of hydrogen-bond donors (Lipinski definition) is 3. The van der Waals surface area contributed by atoms with Crippen molar-refractivity contribution in [3.63, 3.8) is 0 Å². The van der Waals surface area contributed by atoms with Crippen molar-refractivity contribution in [2.24, 2.45) is 5.14 Å². The summed E-state index contributed by atoms with van der Waals surface area (Å²) in [5, 5.41) is 14.8. The third kappa shape index (κ3) is 3.24. The second kappa shape index (κ2) is 4.91. The van der Waals surface area contributed by atoms with E-state index in [-0.39, 0.29) is 20.7 Å². The van der Waals surface area contributed by atoms with Gasteiger partial charge in [-0.3, -0.25) is 4.79 Å². The highest BCUT2D eigenvalue weighted by molar-refractivity contribution is 7.89. The number of nitrogens with one attached hydrogen (secondary N) is 1. The molecule has 1 heterocycles. The fourth-order valence-corrected chi connectivity index (χ4v) is 2.33. The first-order chi connectivity index (χ1) is 8.86. The van der Waals surface area contributed by atoms with E-state index in [1.54, 1.807) is 0 Å². The Morgan fingerprint density at radius 1 is 1.32 bits per heavy atom. The van der Waals surface area contributed by atoms with Gasteiger partial charge in [-0.1, -0.05) is 17.4 Å². The van der Waals surface area contributed by atoms with Crippen molar-refractivity contribution in [2.45, 2.75) is 4.90 Å². The molecule has 0 aliphatic heterocycles. The van der Waals surface area contributed by atoms with Crippen LogP contribution in [0.3, 0.4) is 0 Å². The lowest BCUT2D eigenvalue weighted by Gasteiger charge is -2.04. The van der Waals surface area contributed by atoms with E-state index in [1.165, 1.54) is 24.3 Å². The van der Waals surface area contributed by atoms with Gasteiger partial charge in [0.2, 0.25) is 20.2 Å². The zero-order chi connectivity index (χ0) is 14.0. The van der Waals surface area contributed by atoms with Crippen LogP contribution >= 0.6 is 11.3 Å². The smallest absolute Gasteiger partial charge is 0.286 e. The lowest BCUT2D eigenvalue weighted by Crippen LogP contribution is -2.14. The number of anilines is 2. The molecule has 2 aromatic rings. The number of nitrogens with zero attached hydrogens (tertiary/aromatic N) is 2. The summed E-state index contributed by atoms with van der Waals surface area (Å²) in [7, 11) is -3.82. The van der Waals surface area contributed by atoms with Crippen LogP contribution in [0.1, 0.15) is 9.80 Å². The first-order valence-electron chi connectivity index (χ1n) is 4.89. The van der Waals surface area contributed by atoms with Crippen LogP contribution in [0.25, 0.3) is 0 Å². The van der Waals surface area contributed by atoms with E-state index in [4.69, 9.17) is 10.9 Å². The lowest BCUT2D eigenvalue weighted by molar-refractivity contribution is 0.102. The van der Waals surface area contributed by atoms with Crippen molar-refractivity contribution >= 4 is 38.1 Å². The van der Waals surface area contributed by atoms with Gasteiger partial charge in [0.1, 0.15) is 0 Å². The maximum Gasteiger partial charge on any atom is 0.286 e. The number of sulfonamides is 1. The van der Waals surface area contributed by atoms with Gasteiger partial charge in [0.15, 0.2) is 0 Å². The number of aromatic nitrogens is 2. The second-order valence-corrected chi connectivity index (χ2v) is 6.04. The molecule has 0 aliphatic carbocycles. The van der Waals surface area contributed by atoms with Crippen molar-refractivity contribution in [1.82, 2.24) is 10.2 Å². The molecule has 5 N–H and O–H groups in total. The van der Waals surface area contributed by atoms with E-state index in [9.17, 15) is 13.2 Å². The minimum Gasteiger partial charge on any atom is -0.374 e. The third-order valence-electron chi connectivity index (χ3n) is 2.06. The molecule has 0 fully saturated rings. The Morgan fingerprint density at radius 2 is 2.05 bits per heavy atom. The second-order valence-electron chi connectivity index (χ2n) is 3.47. The average molecular weight is 299 g/mol. The van der Waals surface area contributed by atoms with Crippen molar-refractivity contribution in [3.8, 4) is 0 Å². The molecule has 0 unspecified atom stereocenters. The normalized spacial score (nSPS) is 11.2. The Balaban J connectivity index is 2.22. The maximum atomic E-state index is 11.7. The van der Waals surface area contributed by atoms with E-state index in [0.717, 1.165) is 11.3 Å². The zero-order valence-electron chi connectivity index (χ0n) is 9.40. The summed E-state index contributed by atoms with van der Waals surface area (Å²) in [6, 6.07) is 5.56. The van der Waals surface area contributed by atoms with Crippen LogP contribution < -0.4 is 16.2 Å². The molecule has 0 atom stereocenters. The molecule has 0 radical (unpaired) electrons. The lowest BCUT2D eigenvalue weighted by atomic mass is 10.3. The Kier molecular flexibility index (Phi) is 3.46. The number of rotatable bonds is 3. The Morgan fingerprint density at radius 3 is 2.63 bits per heavy atom. The molecule has 1 aromatic heterocycles. The predicted octanol–water partition coefficient (Wildman–Crippen LogP) is 0.0200. The molecular formula is C9H9N5O3S2. The van der Waals surface area contributed by atoms with Crippen molar-refractivity contribution in [3.05, 3.63) is 29.3 Å². The first kappa shape index (κ1) is 13.4. The molecule has 19 heavy (non-hydrogen) atoms. The van der Waals surface area contributed by atoms with Crippen LogP contribution in [0.5, 0.6) is 0 Å². The van der Waals surface area contributed by atoms with Gasteiger partial charge in [-0.25, -0.2) is 13.6 Å². The molecule has 10 heteroatoms. The van der Waals surface area contributed by atoms with Gasteiger partial charge in [-0.2, -0.15) is 0 Å². The third-order valence-corrected chi connectivity index (χ3v) is 3.72. The van der Waals surface area contributed by atoms with E-state index >= 15 is 0 Å². The van der Waals surface area contributed by atoms with Crippen LogP contribution in [0.15, 0.2) is 29.2 Å². The fourth-order valence-electron chi connectivity index (χ4n) is 1.26. The highest BCUT2D eigenvalue weighted by Crippen LogP contribution is 2.17. The van der Waals surface area contributed by atoms with Crippen LogP contribution in [0.4, 0.5) is 10.8 Å². The number of nitrogen functional groups attached to an aromatic ring is 1. The summed E-state index contributed by atoms with van der Waals surface area (Å²) >= 11 is 0.925. The largest absolute Gasteiger partial charge is 0.374 e. The predicted molar refractivity (Wildman–Crippen MR) is 70.1 cm³/mol. The van der Waals surface area contributed by atoms with Crippen molar-refractivity contribution in [1.29, 1.82) is 0 Å². The van der Waals surface area contributed by atoms with Gasteiger partial charge in [0.25, 0.3) is 5.91 Å². The molecule has 8 nitrogen and oxygen atoms in total. The summed E-state index contributed by atoms with van der Waals surface area (Å²) in [6.07, 6.45) is 0. The SMILES string of the molecule is Nc1nnc(C(=O)Nc2cccc(S(N)(=O)=O)c2)s1. The first-order valence-corrected chi connectivity index (χ1v) is 7.26.